The van der Waals surface area contributed by atoms with Crippen molar-refractivity contribution in [3.8, 4) is 6.07 Å². The number of nitriles is 1. The molecule has 0 radical (unpaired) electrons. The molecule has 1 aliphatic carbocycles. The van der Waals surface area contributed by atoms with E-state index in [-0.39, 0.29) is 5.92 Å². The molecule has 0 aliphatic heterocycles. The molecule has 0 unspecified atom stereocenters. The van der Waals surface area contributed by atoms with Crippen LogP contribution in [0.4, 0.5) is 5.69 Å². The lowest BCUT2D eigenvalue weighted by molar-refractivity contribution is -0.125. The predicted octanol–water partition coefficient (Wildman–Crippen LogP) is 1.23. The summed E-state index contributed by atoms with van der Waals surface area (Å²) in [6, 6.07) is 8.32. The van der Waals surface area contributed by atoms with Crippen molar-refractivity contribution in [2.75, 3.05) is 12.3 Å². The lowest BCUT2D eigenvalue weighted by atomic mass is 9.98. The van der Waals surface area contributed by atoms with Crippen LogP contribution in [0.2, 0.25) is 0 Å². The fourth-order valence-electron chi connectivity index (χ4n) is 2.04. The number of nitrogens with zero attached hydrogens (tertiary/aromatic N) is 1. The summed E-state index contributed by atoms with van der Waals surface area (Å²) in [7, 11) is 0. The van der Waals surface area contributed by atoms with Crippen LogP contribution in [0.1, 0.15) is 30.1 Å². The summed E-state index contributed by atoms with van der Waals surface area (Å²) in [6.07, 6.45) is 1.85. The Morgan fingerprint density at radius 3 is 2.57 bits per heavy atom. The number of carbonyl (C=O) groups excluding carboxylic acids is 2. The monoisotopic (exact) mass is 287 g/mol. The molecule has 0 saturated heterocycles. The standard InChI is InChI=1S/C15H17N3O3/c1-15(9-16,11-4-5-11)18-13(19)8-21-14(20)10-2-6-12(17)7-3-10/h2-3,6-7,11H,4-5,8,17H2,1H3,(H,18,19)/t15-/m1/s1. The minimum Gasteiger partial charge on any atom is -0.452 e. The summed E-state index contributed by atoms with van der Waals surface area (Å²) < 4.78 is 4.92. The highest BCUT2D eigenvalue weighted by atomic mass is 16.5. The van der Waals surface area contributed by atoms with Crippen molar-refractivity contribution in [1.29, 1.82) is 5.26 Å². The largest absolute Gasteiger partial charge is 0.452 e. The second-order valence-corrected chi connectivity index (χ2v) is 5.33. The minimum absolute atomic E-state index is 0.180. The van der Waals surface area contributed by atoms with Gasteiger partial charge in [0, 0.05) is 5.69 Å². The van der Waals surface area contributed by atoms with E-state index < -0.39 is 24.0 Å². The zero-order valence-corrected chi connectivity index (χ0v) is 11.8. The van der Waals surface area contributed by atoms with E-state index in [2.05, 4.69) is 11.4 Å². The molecular formula is C15H17N3O3. The van der Waals surface area contributed by atoms with Crippen molar-refractivity contribution < 1.29 is 14.3 Å². The maximum absolute atomic E-state index is 11.8. The number of anilines is 1. The van der Waals surface area contributed by atoms with Gasteiger partial charge in [-0.25, -0.2) is 4.79 Å². The van der Waals surface area contributed by atoms with Crippen LogP contribution in [0.5, 0.6) is 0 Å². The molecule has 6 nitrogen and oxygen atoms in total. The van der Waals surface area contributed by atoms with Crippen LogP contribution in [-0.2, 0) is 9.53 Å². The third-order valence-corrected chi connectivity index (χ3v) is 3.51. The van der Waals surface area contributed by atoms with Crippen molar-refractivity contribution in [2.24, 2.45) is 5.92 Å². The van der Waals surface area contributed by atoms with E-state index in [0.29, 0.717) is 11.3 Å². The van der Waals surface area contributed by atoms with Crippen LogP contribution in [0.3, 0.4) is 0 Å². The Morgan fingerprint density at radius 2 is 2.05 bits per heavy atom. The van der Waals surface area contributed by atoms with Crippen molar-refractivity contribution in [3.63, 3.8) is 0 Å². The molecule has 1 aromatic rings. The zero-order valence-electron chi connectivity index (χ0n) is 11.8. The third-order valence-electron chi connectivity index (χ3n) is 3.51. The van der Waals surface area contributed by atoms with E-state index in [1.54, 1.807) is 19.1 Å². The first-order valence-electron chi connectivity index (χ1n) is 6.69. The van der Waals surface area contributed by atoms with Crippen LogP contribution < -0.4 is 11.1 Å². The lowest BCUT2D eigenvalue weighted by Crippen LogP contribution is -2.48. The van der Waals surface area contributed by atoms with Gasteiger partial charge in [0.15, 0.2) is 6.61 Å². The maximum atomic E-state index is 11.8. The first-order chi connectivity index (χ1) is 9.94. The molecule has 0 heterocycles. The van der Waals surface area contributed by atoms with Gasteiger partial charge in [-0.3, -0.25) is 4.79 Å². The Morgan fingerprint density at radius 1 is 1.43 bits per heavy atom. The van der Waals surface area contributed by atoms with E-state index >= 15 is 0 Å². The fraction of sp³-hybridized carbons (Fsp3) is 0.400. The average molecular weight is 287 g/mol. The van der Waals surface area contributed by atoms with Gasteiger partial charge in [-0.05, 0) is 49.9 Å². The van der Waals surface area contributed by atoms with Gasteiger partial charge < -0.3 is 15.8 Å². The van der Waals surface area contributed by atoms with E-state index in [1.165, 1.54) is 12.1 Å². The number of nitrogens with two attached hydrogens (primary N) is 1. The van der Waals surface area contributed by atoms with Gasteiger partial charge in [0.2, 0.25) is 0 Å². The first-order valence-corrected chi connectivity index (χ1v) is 6.69. The summed E-state index contributed by atoms with van der Waals surface area (Å²) in [5.74, 6) is -0.899. The number of ether oxygens (including phenoxy) is 1. The van der Waals surface area contributed by atoms with Gasteiger partial charge in [0.05, 0.1) is 11.6 Å². The normalized spacial score (nSPS) is 16.4. The Labute approximate surface area is 122 Å². The molecule has 1 saturated carbocycles. The van der Waals surface area contributed by atoms with Crippen molar-refractivity contribution in [2.45, 2.75) is 25.3 Å². The lowest BCUT2D eigenvalue weighted by Gasteiger charge is -2.22. The summed E-state index contributed by atoms with van der Waals surface area (Å²) >= 11 is 0. The first kappa shape index (κ1) is 14.9. The van der Waals surface area contributed by atoms with Crippen molar-refractivity contribution in [3.05, 3.63) is 29.8 Å². The minimum atomic E-state index is -0.884. The number of amides is 1. The highest BCUT2D eigenvalue weighted by Crippen LogP contribution is 2.39. The molecule has 110 valence electrons. The number of carbonyl (C=O) groups is 2. The van der Waals surface area contributed by atoms with Gasteiger partial charge in [-0.2, -0.15) is 5.26 Å². The molecule has 1 fully saturated rings. The number of nitrogens with one attached hydrogen (secondary N) is 1. The number of rotatable bonds is 5. The van der Waals surface area contributed by atoms with Gasteiger partial charge in [0.25, 0.3) is 5.91 Å². The van der Waals surface area contributed by atoms with E-state index in [0.717, 1.165) is 12.8 Å². The topological polar surface area (TPSA) is 105 Å². The Balaban J connectivity index is 1.85. The maximum Gasteiger partial charge on any atom is 0.338 e. The molecule has 21 heavy (non-hydrogen) atoms. The van der Waals surface area contributed by atoms with Crippen LogP contribution in [-0.4, -0.2) is 24.0 Å². The van der Waals surface area contributed by atoms with Gasteiger partial charge in [-0.15, -0.1) is 0 Å². The second kappa shape index (κ2) is 5.83. The molecule has 1 amide bonds. The molecular weight excluding hydrogens is 270 g/mol. The van der Waals surface area contributed by atoms with Crippen molar-refractivity contribution in [1.82, 2.24) is 5.32 Å². The average Bonchev–Trinajstić information content (AvgIpc) is 3.30. The zero-order chi connectivity index (χ0) is 15.5. The molecule has 1 atom stereocenters. The van der Waals surface area contributed by atoms with E-state index in [9.17, 15) is 9.59 Å². The number of benzene rings is 1. The fourth-order valence-corrected chi connectivity index (χ4v) is 2.04. The second-order valence-electron chi connectivity index (χ2n) is 5.33. The molecule has 6 heteroatoms. The number of hydrogen-bond acceptors (Lipinski definition) is 5. The van der Waals surface area contributed by atoms with Gasteiger partial charge in [0.1, 0.15) is 5.54 Å². The van der Waals surface area contributed by atoms with Gasteiger partial charge in [-0.1, -0.05) is 0 Å². The third kappa shape index (κ3) is 3.72. The molecule has 3 N–H and O–H groups in total. The Hall–Kier alpha value is -2.55. The highest BCUT2D eigenvalue weighted by molar-refractivity contribution is 5.91. The molecule has 0 bridgehead atoms. The Bertz CT molecular complexity index is 587. The van der Waals surface area contributed by atoms with E-state index in [1.807, 2.05) is 0 Å². The summed E-state index contributed by atoms with van der Waals surface area (Å²) in [4.78, 5) is 23.5. The van der Waals surface area contributed by atoms with Crippen molar-refractivity contribution >= 4 is 17.6 Å². The van der Waals surface area contributed by atoms with Crippen LogP contribution in [0, 0.1) is 17.2 Å². The van der Waals surface area contributed by atoms with E-state index in [4.69, 9.17) is 15.7 Å². The van der Waals surface area contributed by atoms with Crippen LogP contribution in [0.25, 0.3) is 0 Å². The molecule has 0 spiro atoms. The quantitative estimate of drug-likeness (QED) is 0.626. The number of esters is 1. The predicted molar refractivity (Wildman–Crippen MR) is 76.0 cm³/mol. The SMILES string of the molecule is C[C@](C#N)(NC(=O)COC(=O)c1ccc(N)cc1)C1CC1. The summed E-state index contributed by atoms with van der Waals surface area (Å²) in [6.45, 7) is 1.28. The summed E-state index contributed by atoms with van der Waals surface area (Å²) in [5.41, 5.74) is 5.50. The smallest absolute Gasteiger partial charge is 0.338 e. The molecule has 0 aromatic heterocycles. The van der Waals surface area contributed by atoms with Crippen LogP contribution in [0.15, 0.2) is 24.3 Å². The highest BCUT2D eigenvalue weighted by Gasteiger charge is 2.43. The Kier molecular flexibility index (Phi) is 4.13. The van der Waals surface area contributed by atoms with Gasteiger partial charge >= 0.3 is 5.97 Å². The molecule has 1 aromatic carbocycles. The van der Waals surface area contributed by atoms with Crippen LogP contribution >= 0.6 is 0 Å². The number of hydrogen-bond donors (Lipinski definition) is 2. The molecule has 1 aliphatic rings. The summed E-state index contributed by atoms with van der Waals surface area (Å²) in [5, 5.41) is 11.8. The molecule has 2 rings (SSSR count). The number of nitrogen functional groups attached to an aromatic ring is 1.